The monoisotopic (exact) mass is 462 g/mol. The molecule has 0 fully saturated rings. The van der Waals surface area contributed by atoms with E-state index < -0.39 is 8.32 Å². The maximum absolute atomic E-state index is 14.6. The van der Waals surface area contributed by atoms with Crippen LogP contribution in [0.4, 0.5) is 0 Å². The second-order valence-electron chi connectivity index (χ2n) is 7.58. The fourth-order valence-corrected chi connectivity index (χ4v) is 6.59. The fraction of sp³-hybridized carbons (Fsp3) is 0.250. The van der Waals surface area contributed by atoms with Crippen LogP contribution in [0.15, 0.2) is 54.6 Å². The average Bonchev–Trinajstić information content (AvgIpc) is 2.61. The molecule has 4 heteroatoms. The SMILES string of the molecule is Cc1ccc([Si]([O-])(c2ccc(C)c(C)c2)c2ccc(C)c(C)c2)cc1C.[Br-].[Mg+2]. The van der Waals surface area contributed by atoms with Crippen molar-refractivity contribution < 1.29 is 21.8 Å². The second kappa shape index (κ2) is 9.72. The number of halogens is 1. The molecule has 0 spiro atoms. The van der Waals surface area contributed by atoms with Crippen molar-refractivity contribution in [2.75, 3.05) is 0 Å². The molecule has 28 heavy (non-hydrogen) atoms. The van der Waals surface area contributed by atoms with Gasteiger partial charge in [0.05, 0.1) is 8.32 Å². The van der Waals surface area contributed by atoms with Gasteiger partial charge in [0.15, 0.2) is 0 Å². The van der Waals surface area contributed by atoms with Crippen LogP contribution < -0.4 is 37.3 Å². The zero-order chi connectivity index (χ0) is 19.1. The van der Waals surface area contributed by atoms with E-state index in [0.717, 1.165) is 15.6 Å². The van der Waals surface area contributed by atoms with Crippen LogP contribution in [0, 0.1) is 41.5 Å². The third-order valence-electron chi connectivity index (χ3n) is 5.74. The van der Waals surface area contributed by atoms with Gasteiger partial charge in [-0.3, -0.25) is 0 Å². The molecule has 0 aliphatic carbocycles. The van der Waals surface area contributed by atoms with E-state index in [4.69, 9.17) is 0 Å². The predicted octanol–water partition coefficient (Wildman–Crippen LogP) is -0.512. The van der Waals surface area contributed by atoms with Crippen LogP contribution in [-0.4, -0.2) is 31.4 Å². The van der Waals surface area contributed by atoms with Crippen molar-refractivity contribution in [1.29, 1.82) is 0 Å². The van der Waals surface area contributed by atoms with Crippen molar-refractivity contribution in [2.24, 2.45) is 0 Å². The van der Waals surface area contributed by atoms with Crippen molar-refractivity contribution in [2.45, 2.75) is 41.5 Å². The van der Waals surface area contributed by atoms with Crippen molar-refractivity contribution in [3.8, 4) is 0 Å². The molecular weight excluding hydrogens is 437 g/mol. The molecule has 1 nitrogen and oxygen atoms in total. The summed E-state index contributed by atoms with van der Waals surface area (Å²) in [5, 5.41) is 2.81. The Hall–Kier alpha value is -0.917. The summed E-state index contributed by atoms with van der Waals surface area (Å²) in [4.78, 5) is 14.6. The number of benzene rings is 3. The first-order valence-electron chi connectivity index (χ1n) is 9.17. The third kappa shape index (κ3) is 4.63. The molecule has 0 amide bonds. The Morgan fingerprint density at radius 1 is 0.500 bits per heavy atom. The standard InChI is InChI=1S/C24H27OSi.BrH.Mg/c1-16-7-10-22(13-19(16)4)26(25,23-11-8-17(2)20(5)14-23)24-12-9-18(3)21(6)15-24;;/h7-15H,1-6H3;1H;/q-1;;+2/p-1. The Labute approximate surface area is 197 Å². The predicted molar refractivity (Wildman–Crippen MR) is 118 cm³/mol. The minimum atomic E-state index is -3.29. The van der Waals surface area contributed by atoms with Crippen molar-refractivity contribution >= 4 is 46.9 Å². The van der Waals surface area contributed by atoms with Gasteiger partial charge in [-0.1, -0.05) is 70.2 Å². The van der Waals surface area contributed by atoms with Gasteiger partial charge in [0.25, 0.3) is 0 Å². The summed E-state index contributed by atoms with van der Waals surface area (Å²) in [6.45, 7) is 12.6. The van der Waals surface area contributed by atoms with Gasteiger partial charge in [-0.15, -0.1) is 0 Å². The Bertz CT molecular complexity index is 859. The molecule has 3 aromatic rings. The number of aryl methyl sites for hydroxylation is 6. The summed E-state index contributed by atoms with van der Waals surface area (Å²) in [5.74, 6) is 0. The molecule has 0 N–H and O–H groups in total. The molecule has 0 heterocycles. The van der Waals surface area contributed by atoms with Crippen LogP contribution in [0.2, 0.25) is 0 Å². The Balaban J connectivity index is 0.00000196. The summed E-state index contributed by atoms with van der Waals surface area (Å²) in [5.41, 5.74) is 7.23. The maximum atomic E-state index is 14.6. The molecule has 0 radical (unpaired) electrons. The van der Waals surface area contributed by atoms with Crippen LogP contribution in [0.3, 0.4) is 0 Å². The molecule has 0 unspecified atom stereocenters. The molecule has 0 aliphatic heterocycles. The number of hydrogen-bond donors (Lipinski definition) is 0. The first kappa shape index (κ1) is 25.1. The number of hydrogen-bond acceptors (Lipinski definition) is 1. The second-order valence-corrected chi connectivity index (χ2v) is 10.7. The van der Waals surface area contributed by atoms with Gasteiger partial charge in [-0.25, -0.2) is 0 Å². The minimum Gasteiger partial charge on any atom is -1.00 e. The zero-order valence-electron chi connectivity index (χ0n) is 17.7. The minimum absolute atomic E-state index is 0. The Morgan fingerprint density at radius 3 is 0.964 bits per heavy atom. The molecule has 3 aromatic carbocycles. The molecule has 0 saturated heterocycles. The molecule has 3 rings (SSSR count). The molecule has 0 aliphatic rings. The largest absolute Gasteiger partial charge is 2.00 e. The van der Waals surface area contributed by atoms with Crippen molar-refractivity contribution in [3.05, 3.63) is 88.0 Å². The maximum Gasteiger partial charge on any atom is 2.00 e. The summed E-state index contributed by atoms with van der Waals surface area (Å²) < 4.78 is 0. The Morgan fingerprint density at radius 2 is 0.750 bits per heavy atom. The van der Waals surface area contributed by atoms with E-state index in [0.29, 0.717) is 0 Å². The Kier molecular flexibility index (Phi) is 8.72. The molecule has 0 saturated carbocycles. The molecule has 0 atom stereocenters. The first-order valence-corrected chi connectivity index (χ1v) is 11.1. The van der Waals surface area contributed by atoms with Crippen molar-refractivity contribution in [3.63, 3.8) is 0 Å². The van der Waals surface area contributed by atoms with Gasteiger partial charge < -0.3 is 21.8 Å². The van der Waals surface area contributed by atoms with Crippen LogP contribution in [0.25, 0.3) is 0 Å². The van der Waals surface area contributed by atoms with E-state index in [-0.39, 0.29) is 40.0 Å². The topological polar surface area (TPSA) is 23.1 Å². The average molecular weight is 464 g/mol. The van der Waals surface area contributed by atoms with Crippen LogP contribution in [0.5, 0.6) is 0 Å². The van der Waals surface area contributed by atoms with Gasteiger partial charge in [0, 0.05) is 0 Å². The van der Waals surface area contributed by atoms with E-state index >= 15 is 0 Å². The van der Waals surface area contributed by atoms with Gasteiger partial charge in [0.1, 0.15) is 0 Å². The number of rotatable bonds is 3. The van der Waals surface area contributed by atoms with Gasteiger partial charge in [-0.2, -0.15) is 0 Å². The van der Waals surface area contributed by atoms with Gasteiger partial charge in [-0.05, 0) is 74.9 Å². The molecule has 0 bridgehead atoms. The van der Waals surface area contributed by atoms with E-state index in [1.807, 2.05) is 18.2 Å². The molecule has 142 valence electrons. The summed E-state index contributed by atoms with van der Waals surface area (Å²) >= 11 is 0. The van der Waals surface area contributed by atoms with Crippen LogP contribution >= 0.6 is 0 Å². The third-order valence-corrected chi connectivity index (χ3v) is 9.11. The van der Waals surface area contributed by atoms with E-state index in [9.17, 15) is 4.80 Å². The summed E-state index contributed by atoms with van der Waals surface area (Å²) in [6.07, 6.45) is 0. The van der Waals surface area contributed by atoms with Gasteiger partial charge >= 0.3 is 23.1 Å². The fourth-order valence-electron chi connectivity index (χ4n) is 3.38. The summed E-state index contributed by atoms with van der Waals surface area (Å²) in [6, 6.07) is 18.7. The first-order chi connectivity index (χ1) is 12.2. The molecular formula is C24H27BrMgOSi. The zero-order valence-corrected chi connectivity index (χ0v) is 21.7. The van der Waals surface area contributed by atoms with Crippen LogP contribution in [0.1, 0.15) is 33.4 Å². The quantitative estimate of drug-likeness (QED) is 0.379. The van der Waals surface area contributed by atoms with Gasteiger partial charge in [0.2, 0.25) is 0 Å². The van der Waals surface area contributed by atoms with Crippen LogP contribution in [-0.2, 0) is 0 Å². The van der Waals surface area contributed by atoms with E-state index in [1.165, 1.54) is 33.4 Å². The molecule has 0 aromatic heterocycles. The van der Waals surface area contributed by atoms with E-state index in [2.05, 4.69) is 77.9 Å². The smallest absolute Gasteiger partial charge is 1.00 e. The van der Waals surface area contributed by atoms with Crippen molar-refractivity contribution in [1.82, 2.24) is 0 Å². The van der Waals surface area contributed by atoms with E-state index in [1.54, 1.807) is 0 Å². The summed E-state index contributed by atoms with van der Waals surface area (Å²) in [7, 11) is -3.29. The normalized spacial score (nSPS) is 10.8.